The van der Waals surface area contributed by atoms with Crippen LogP contribution in [0.15, 0.2) is 18.2 Å². The zero-order chi connectivity index (χ0) is 13.5. The third kappa shape index (κ3) is 3.91. The molecule has 0 saturated heterocycles. The molecule has 0 aliphatic heterocycles. The van der Waals surface area contributed by atoms with E-state index in [1.165, 1.54) is 7.11 Å². The minimum atomic E-state index is -0.417. The van der Waals surface area contributed by atoms with Gasteiger partial charge in [-0.05, 0) is 18.1 Å². The summed E-state index contributed by atoms with van der Waals surface area (Å²) in [6.45, 7) is 2.56. The maximum absolute atomic E-state index is 11.6. The molecule has 0 bridgehead atoms. The van der Waals surface area contributed by atoms with Crippen LogP contribution in [-0.4, -0.2) is 32.1 Å². The molecule has 0 radical (unpaired) electrons. The van der Waals surface area contributed by atoms with Crippen molar-refractivity contribution in [1.29, 1.82) is 0 Å². The number of ether oxygens (including phenoxy) is 3. The minimum absolute atomic E-state index is 0.349. The average molecular weight is 317 g/mol. The third-order valence-electron chi connectivity index (χ3n) is 2.38. The molecule has 1 rings (SSSR count). The second-order valence-corrected chi connectivity index (χ2v) is 4.57. The van der Waals surface area contributed by atoms with E-state index in [2.05, 4.69) is 15.9 Å². The first-order valence-electron chi connectivity index (χ1n) is 5.57. The summed E-state index contributed by atoms with van der Waals surface area (Å²) in [4.78, 5) is 11.6. The number of rotatable bonds is 6. The molecule has 1 unspecified atom stereocenters. The van der Waals surface area contributed by atoms with Crippen molar-refractivity contribution in [2.24, 2.45) is 5.92 Å². The number of carbonyl (C=O) groups excluding carboxylic acids is 1. The van der Waals surface area contributed by atoms with Gasteiger partial charge >= 0.3 is 5.97 Å². The molecule has 0 saturated carbocycles. The van der Waals surface area contributed by atoms with Crippen molar-refractivity contribution in [3.05, 3.63) is 23.8 Å². The van der Waals surface area contributed by atoms with E-state index in [1.807, 2.05) is 6.92 Å². The van der Waals surface area contributed by atoms with Crippen LogP contribution in [0.4, 0.5) is 0 Å². The fourth-order valence-corrected chi connectivity index (χ4v) is 1.49. The lowest BCUT2D eigenvalue weighted by Gasteiger charge is -2.14. The molecular formula is C13H17BrO4. The van der Waals surface area contributed by atoms with Crippen LogP contribution in [0.3, 0.4) is 0 Å². The number of benzene rings is 1. The molecule has 100 valence electrons. The molecule has 0 aliphatic carbocycles. The zero-order valence-electron chi connectivity index (χ0n) is 10.7. The molecule has 0 fully saturated rings. The molecule has 0 aliphatic rings. The van der Waals surface area contributed by atoms with Crippen LogP contribution in [0.25, 0.3) is 0 Å². The van der Waals surface area contributed by atoms with Gasteiger partial charge in [-0.3, -0.25) is 0 Å². The third-order valence-corrected chi connectivity index (χ3v) is 3.49. The van der Waals surface area contributed by atoms with E-state index < -0.39 is 5.97 Å². The first-order valence-corrected chi connectivity index (χ1v) is 6.69. The Kier molecular flexibility index (Phi) is 5.98. The number of alkyl halides is 1. The summed E-state index contributed by atoms with van der Waals surface area (Å²) in [5.41, 5.74) is 0.403. The second kappa shape index (κ2) is 7.26. The SMILES string of the molecule is COC(=O)c1ccc(OC)cc1OCC(C)CBr. The van der Waals surface area contributed by atoms with Crippen LogP contribution in [-0.2, 0) is 4.74 Å². The number of esters is 1. The molecule has 4 nitrogen and oxygen atoms in total. The Bertz CT molecular complexity index is 406. The van der Waals surface area contributed by atoms with Gasteiger partial charge in [0.1, 0.15) is 17.1 Å². The predicted octanol–water partition coefficient (Wildman–Crippen LogP) is 2.89. The molecule has 1 aromatic rings. The maximum Gasteiger partial charge on any atom is 0.341 e. The topological polar surface area (TPSA) is 44.8 Å². The largest absolute Gasteiger partial charge is 0.497 e. The van der Waals surface area contributed by atoms with Crippen molar-refractivity contribution in [3.8, 4) is 11.5 Å². The highest BCUT2D eigenvalue weighted by atomic mass is 79.9. The van der Waals surface area contributed by atoms with Gasteiger partial charge < -0.3 is 14.2 Å². The van der Waals surface area contributed by atoms with Gasteiger partial charge in [-0.15, -0.1) is 0 Å². The molecule has 0 amide bonds. The van der Waals surface area contributed by atoms with E-state index in [9.17, 15) is 4.79 Å². The van der Waals surface area contributed by atoms with E-state index in [-0.39, 0.29) is 0 Å². The van der Waals surface area contributed by atoms with Gasteiger partial charge in [-0.2, -0.15) is 0 Å². The Morgan fingerprint density at radius 1 is 1.39 bits per heavy atom. The predicted molar refractivity (Wildman–Crippen MR) is 72.8 cm³/mol. The van der Waals surface area contributed by atoms with Crippen molar-refractivity contribution in [3.63, 3.8) is 0 Å². The van der Waals surface area contributed by atoms with Crippen molar-refractivity contribution in [1.82, 2.24) is 0 Å². The van der Waals surface area contributed by atoms with Gasteiger partial charge in [0.2, 0.25) is 0 Å². The Morgan fingerprint density at radius 2 is 2.11 bits per heavy atom. The Balaban J connectivity index is 2.93. The minimum Gasteiger partial charge on any atom is -0.497 e. The molecule has 5 heteroatoms. The Morgan fingerprint density at radius 3 is 2.67 bits per heavy atom. The van der Waals surface area contributed by atoms with Gasteiger partial charge in [-0.25, -0.2) is 4.79 Å². The molecule has 1 aromatic carbocycles. The quantitative estimate of drug-likeness (QED) is 0.598. The standard InChI is InChI=1S/C13H17BrO4/c1-9(7-14)8-18-12-6-10(16-2)4-5-11(12)13(15)17-3/h4-6,9H,7-8H2,1-3H3. The van der Waals surface area contributed by atoms with E-state index in [4.69, 9.17) is 14.2 Å². The van der Waals surface area contributed by atoms with Gasteiger partial charge in [0.25, 0.3) is 0 Å². The van der Waals surface area contributed by atoms with Crippen LogP contribution in [0.1, 0.15) is 17.3 Å². The number of hydrogen-bond donors (Lipinski definition) is 0. The molecule has 0 N–H and O–H groups in total. The normalized spacial score (nSPS) is 11.8. The van der Waals surface area contributed by atoms with E-state index in [1.54, 1.807) is 25.3 Å². The summed E-state index contributed by atoms with van der Waals surface area (Å²) >= 11 is 3.38. The fourth-order valence-electron chi connectivity index (χ4n) is 1.30. The molecule has 1 atom stereocenters. The summed E-state index contributed by atoms with van der Waals surface area (Å²) in [7, 11) is 2.91. The van der Waals surface area contributed by atoms with Crippen LogP contribution in [0.2, 0.25) is 0 Å². The summed E-state index contributed by atoms with van der Waals surface area (Å²) in [6, 6.07) is 5.03. The van der Waals surface area contributed by atoms with Crippen molar-refractivity contribution in [2.75, 3.05) is 26.2 Å². The number of halogens is 1. The van der Waals surface area contributed by atoms with Crippen LogP contribution >= 0.6 is 15.9 Å². The van der Waals surface area contributed by atoms with Gasteiger partial charge in [0.05, 0.1) is 20.8 Å². The Labute approximate surface area is 115 Å². The number of methoxy groups -OCH3 is 2. The Hall–Kier alpha value is -1.23. The van der Waals surface area contributed by atoms with Crippen molar-refractivity contribution in [2.45, 2.75) is 6.92 Å². The van der Waals surface area contributed by atoms with Crippen molar-refractivity contribution < 1.29 is 19.0 Å². The average Bonchev–Trinajstić information content (AvgIpc) is 2.43. The summed E-state index contributed by atoms with van der Waals surface area (Å²) < 4.78 is 15.5. The zero-order valence-corrected chi connectivity index (χ0v) is 12.3. The second-order valence-electron chi connectivity index (χ2n) is 3.92. The monoisotopic (exact) mass is 316 g/mol. The van der Waals surface area contributed by atoms with E-state index >= 15 is 0 Å². The summed E-state index contributed by atoms with van der Waals surface area (Å²) in [5, 5.41) is 0.838. The first kappa shape index (κ1) is 14.8. The highest BCUT2D eigenvalue weighted by molar-refractivity contribution is 9.09. The maximum atomic E-state index is 11.6. The molecule has 0 heterocycles. The lowest BCUT2D eigenvalue weighted by atomic mass is 10.2. The number of carbonyl (C=O) groups is 1. The summed E-state index contributed by atoms with van der Waals surface area (Å²) in [5.74, 6) is 1.05. The van der Waals surface area contributed by atoms with Crippen LogP contribution < -0.4 is 9.47 Å². The lowest BCUT2D eigenvalue weighted by Crippen LogP contribution is -2.12. The lowest BCUT2D eigenvalue weighted by molar-refractivity contribution is 0.0595. The van der Waals surface area contributed by atoms with E-state index in [0.717, 1.165) is 5.33 Å². The molecule has 18 heavy (non-hydrogen) atoms. The fraction of sp³-hybridized carbons (Fsp3) is 0.462. The van der Waals surface area contributed by atoms with Crippen LogP contribution in [0.5, 0.6) is 11.5 Å². The highest BCUT2D eigenvalue weighted by Crippen LogP contribution is 2.26. The first-order chi connectivity index (χ1) is 8.62. The van der Waals surface area contributed by atoms with Gasteiger partial charge in [0.15, 0.2) is 0 Å². The highest BCUT2D eigenvalue weighted by Gasteiger charge is 2.15. The molecular weight excluding hydrogens is 300 g/mol. The van der Waals surface area contributed by atoms with Crippen molar-refractivity contribution >= 4 is 21.9 Å². The molecule has 0 spiro atoms. The van der Waals surface area contributed by atoms with Crippen LogP contribution in [0, 0.1) is 5.92 Å². The summed E-state index contributed by atoms with van der Waals surface area (Å²) in [6.07, 6.45) is 0. The molecule has 0 aromatic heterocycles. The van der Waals surface area contributed by atoms with E-state index in [0.29, 0.717) is 29.6 Å². The van der Waals surface area contributed by atoms with Gasteiger partial charge in [-0.1, -0.05) is 22.9 Å². The number of hydrogen-bond acceptors (Lipinski definition) is 4. The van der Waals surface area contributed by atoms with Gasteiger partial charge in [0, 0.05) is 11.4 Å². The smallest absolute Gasteiger partial charge is 0.341 e.